The molecule has 2 heteroatoms. The van der Waals surface area contributed by atoms with Gasteiger partial charge in [-0.1, -0.05) is 20.8 Å². The van der Waals surface area contributed by atoms with Gasteiger partial charge in [0, 0.05) is 24.7 Å². The second-order valence-electron chi connectivity index (χ2n) is 7.92. The van der Waals surface area contributed by atoms with Crippen LogP contribution in [0.5, 0.6) is 0 Å². The minimum atomic E-state index is 0.759. The Kier molecular flexibility index (Phi) is 4.72. The van der Waals surface area contributed by atoms with E-state index in [-0.39, 0.29) is 0 Å². The van der Waals surface area contributed by atoms with Gasteiger partial charge in [0.25, 0.3) is 0 Å². The van der Waals surface area contributed by atoms with Crippen LogP contribution >= 0.6 is 0 Å². The summed E-state index contributed by atoms with van der Waals surface area (Å²) < 4.78 is 0. The number of hydrogen-bond donors (Lipinski definition) is 1. The molecule has 1 N–H and O–H groups in total. The van der Waals surface area contributed by atoms with E-state index in [1.165, 1.54) is 51.5 Å². The molecule has 3 aliphatic carbocycles. The van der Waals surface area contributed by atoms with Crippen molar-refractivity contribution < 1.29 is 0 Å². The molecule has 3 atom stereocenters. The highest BCUT2D eigenvalue weighted by Crippen LogP contribution is 2.41. The molecule has 0 radical (unpaired) electrons. The van der Waals surface area contributed by atoms with E-state index in [0.29, 0.717) is 0 Å². The second kappa shape index (κ2) is 6.36. The van der Waals surface area contributed by atoms with Gasteiger partial charge in [-0.05, 0) is 69.2 Å². The Labute approximate surface area is 125 Å². The van der Waals surface area contributed by atoms with Crippen LogP contribution in [0.15, 0.2) is 0 Å². The molecule has 3 saturated carbocycles. The molecular weight excluding hydrogens is 244 g/mol. The fraction of sp³-hybridized carbons (Fsp3) is 1.00. The smallest absolute Gasteiger partial charge is 0.0255 e. The number of rotatable bonds is 7. The van der Waals surface area contributed by atoms with Crippen LogP contribution < -0.4 is 5.32 Å². The summed E-state index contributed by atoms with van der Waals surface area (Å²) in [5, 5.41) is 3.81. The summed E-state index contributed by atoms with van der Waals surface area (Å²) in [5.74, 6) is 2.86. The highest BCUT2D eigenvalue weighted by Gasteiger charge is 2.42. The Balaban J connectivity index is 1.68. The topological polar surface area (TPSA) is 15.3 Å². The first kappa shape index (κ1) is 14.8. The van der Waals surface area contributed by atoms with Crippen LogP contribution in [0.3, 0.4) is 0 Å². The van der Waals surface area contributed by atoms with Crippen LogP contribution in [0.1, 0.15) is 65.7 Å². The predicted octanol–water partition coefficient (Wildman–Crippen LogP) is 3.66. The number of likely N-dealkylation sites (N-methyl/N-ethyl adjacent to an activating group) is 1. The molecule has 3 unspecified atom stereocenters. The summed E-state index contributed by atoms with van der Waals surface area (Å²) >= 11 is 0. The lowest BCUT2D eigenvalue weighted by Gasteiger charge is -2.44. The zero-order valence-corrected chi connectivity index (χ0v) is 13.8. The van der Waals surface area contributed by atoms with Crippen molar-refractivity contribution in [1.82, 2.24) is 10.2 Å². The van der Waals surface area contributed by atoms with E-state index in [4.69, 9.17) is 0 Å². The molecule has 0 heterocycles. The molecule has 0 spiro atoms. The zero-order chi connectivity index (χ0) is 14.1. The van der Waals surface area contributed by atoms with Crippen molar-refractivity contribution in [2.75, 3.05) is 13.1 Å². The zero-order valence-electron chi connectivity index (χ0n) is 13.8. The quantitative estimate of drug-likeness (QED) is 0.764. The Hall–Kier alpha value is -0.0800. The summed E-state index contributed by atoms with van der Waals surface area (Å²) in [6, 6.07) is 2.52. The lowest BCUT2D eigenvalue weighted by Crippen LogP contribution is -2.55. The molecule has 0 amide bonds. The van der Waals surface area contributed by atoms with Crippen molar-refractivity contribution in [3.63, 3.8) is 0 Å². The Morgan fingerprint density at radius 3 is 2.35 bits per heavy atom. The minimum Gasteiger partial charge on any atom is -0.313 e. The van der Waals surface area contributed by atoms with Crippen LogP contribution in [0.25, 0.3) is 0 Å². The number of hydrogen-bond acceptors (Lipinski definition) is 2. The van der Waals surface area contributed by atoms with Crippen molar-refractivity contribution in [1.29, 1.82) is 0 Å². The van der Waals surface area contributed by atoms with E-state index in [2.05, 4.69) is 31.0 Å². The molecule has 3 rings (SSSR count). The van der Waals surface area contributed by atoms with Gasteiger partial charge in [0.05, 0.1) is 0 Å². The molecule has 20 heavy (non-hydrogen) atoms. The maximum absolute atomic E-state index is 3.81. The standard InChI is InChI=1S/C18H34N2/c1-4-19-17-10-7-15(13(2)3)11-18(17)20(16-8-9-16)12-14-5-6-14/h13-19H,4-12H2,1-3H3. The van der Waals surface area contributed by atoms with Gasteiger partial charge in [-0.15, -0.1) is 0 Å². The lowest BCUT2D eigenvalue weighted by molar-refractivity contribution is 0.0734. The van der Waals surface area contributed by atoms with Crippen molar-refractivity contribution in [2.24, 2.45) is 17.8 Å². The molecule has 0 aliphatic heterocycles. The van der Waals surface area contributed by atoms with Gasteiger partial charge < -0.3 is 5.32 Å². The number of nitrogens with one attached hydrogen (secondary N) is 1. The Morgan fingerprint density at radius 1 is 1.05 bits per heavy atom. The first-order valence-electron chi connectivity index (χ1n) is 9.18. The average Bonchev–Trinajstić information content (AvgIpc) is 3.29. The summed E-state index contributed by atoms with van der Waals surface area (Å²) in [7, 11) is 0. The van der Waals surface area contributed by atoms with Crippen molar-refractivity contribution in [3.8, 4) is 0 Å². The van der Waals surface area contributed by atoms with Gasteiger partial charge in [0.15, 0.2) is 0 Å². The Morgan fingerprint density at radius 2 is 1.80 bits per heavy atom. The average molecular weight is 278 g/mol. The summed E-state index contributed by atoms with van der Waals surface area (Å²) in [4.78, 5) is 2.94. The van der Waals surface area contributed by atoms with Gasteiger partial charge >= 0.3 is 0 Å². The van der Waals surface area contributed by atoms with Crippen LogP contribution in [0, 0.1) is 17.8 Å². The first-order chi connectivity index (χ1) is 9.69. The van der Waals surface area contributed by atoms with Crippen molar-refractivity contribution in [3.05, 3.63) is 0 Å². The molecule has 0 aromatic carbocycles. The highest BCUT2D eigenvalue weighted by atomic mass is 15.2. The largest absolute Gasteiger partial charge is 0.313 e. The third-order valence-corrected chi connectivity index (χ3v) is 5.87. The summed E-state index contributed by atoms with van der Waals surface area (Å²) in [6.07, 6.45) is 10.2. The normalized spacial score (nSPS) is 35.0. The van der Waals surface area contributed by atoms with Gasteiger partial charge in [0.2, 0.25) is 0 Å². The highest BCUT2D eigenvalue weighted by molar-refractivity contribution is 4.99. The van der Waals surface area contributed by atoms with Crippen LogP contribution in [0.4, 0.5) is 0 Å². The molecular formula is C18H34N2. The molecule has 116 valence electrons. The van der Waals surface area contributed by atoms with Crippen molar-refractivity contribution >= 4 is 0 Å². The second-order valence-corrected chi connectivity index (χ2v) is 7.92. The minimum absolute atomic E-state index is 0.759. The third-order valence-electron chi connectivity index (χ3n) is 5.87. The van der Waals surface area contributed by atoms with E-state index in [0.717, 1.165) is 42.4 Å². The van der Waals surface area contributed by atoms with E-state index >= 15 is 0 Å². The van der Waals surface area contributed by atoms with Crippen LogP contribution in [-0.2, 0) is 0 Å². The fourth-order valence-electron chi connectivity index (χ4n) is 4.21. The predicted molar refractivity (Wildman–Crippen MR) is 85.9 cm³/mol. The van der Waals surface area contributed by atoms with Crippen molar-refractivity contribution in [2.45, 2.75) is 83.8 Å². The van der Waals surface area contributed by atoms with Gasteiger partial charge in [0.1, 0.15) is 0 Å². The maximum Gasteiger partial charge on any atom is 0.0255 e. The molecule has 3 aliphatic rings. The first-order valence-corrected chi connectivity index (χ1v) is 9.18. The molecule has 0 bridgehead atoms. The van der Waals surface area contributed by atoms with Crippen LogP contribution in [-0.4, -0.2) is 36.1 Å². The molecule has 0 saturated heterocycles. The van der Waals surface area contributed by atoms with Gasteiger partial charge in [-0.25, -0.2) is 0 Å². The molecule has 3 fully saturated rings. The van der Waals surface area contributed by atoms with E-state index < -0.39 is 0 Å². The van der Waals surface area contributed by atoms with Gasteiger partial charge in [-0.3, -0.25) is 4.90 Å². The van der Waals surface area contributed by atoms with E-state index in [1.54, 1.807) is 0 Å². The third kappa shape index (κ3) is 3.57. The molecule has 0 aromatic rings. The SMILES string of the molecule is CCNC1CCC(C(C)C)CC1N(CC1CC1)C1CC1. The fourth-order valence-corrected chi connectivity index (χ4v) is 4.21. The van der Waals surface area contributed by atoms with E-state index in [9.17, 15) is 0 Å². The lowest BCUT2D eigenvalue weighted by atomic mass is 9.76. The number of nitrogens with zero attached hydrogens (tertiary/aromatic N) is 1. The molecule has 2 nitrogen and oxygen atoms in total. The van der Waals surface area contributed by atoms with E-state index in [1.807, 2.05) is 0 Å². The Bertz CT molecular complexity index is 307. The maximum atomic E-state index is 3.81. The van der Waals surface area contributed by atoms with Crippen LogP contribution in [0.2, 0.25) is 0 Å². The summed E-state index contributed by atoms with van der Waals surface area (Å²) in [5.41, 5.74) is 0. The van der Waals surface area contributed by atoms with Gasteiger partial charge in [-0.2, -0.15) is 0 Å². The molecule has 0 aromatic heterocycles. The monoisotopic (exact) mass is 278 g/mol. The summed E-state index contributed by atoms with van der Waals surface area (Å²) in [6.45, 7) is 9.67.